The van der Waals surface area contributed by atoms with Gasteiger partial charge >= 0.3 is 0 Å². The molecule has 1 N–H and O–H groups in total. The molecule has 2 aliphatic rings. The third-order valence-corrected chi connectivity index (χ3v) is 8.54. The Balaban J connectivity index is 1.57. The van der Waals surface area contributed by atoms with Crippen molar-refractivity contribution < 1.29 is 14.6 Å². The van der Waals surface area contributed by atoms with Crippen molar-refractivity contribution in [2.45, 2.75) is 25.8 Å². The van der Waals surface area contributed by atoms with E-state index in [4.69, 9.17) is 14.5 Å². The van der Waals surface area contributed by atoms with Crippen LogP contribution in [0.15, 0.2) is 80.5 Å². The average Bonchev–Trinajstić information content (AvgIpc) is 3.24. The Morgan fingerprint density at radius 3 is 2.71 bits per heavy atom. The summed E-state index contributed by atoms with van der Waals surface area (Å²) in [6.07, 6.45) is 3.56. The second-order valence-corrected chi connectivity index (χ2v) is 11.0. The van der Waals surface area contributed by atoms with E-state index in [1.807, 2.05) is 47.9 Å². The predicted octanol–water partition coefficient (Wildman–Crippen LogP) is 5.19. The zero-order chi connectivity index (χ0) is 26.4. The first-order valence-corrected chi connectivity index (χ1v) is 14.0. The molecule has 0 saturated carbocycles. The van der Waals surface area contributed by atoms with Gasteiger partial charge < -0.3 is 14.6 Å². The maximum Gasteiger partial charge on any atom is 0.271 e. The topological polar surface area (TPSA) is 73.1 Å². The Labute approximate surface area is 232 Å². The highest BCUT2D eigenvalue weighted by molar-refractivity contribution is 9.10. The molecular formula is C30H25BrN2O4S. The Hall–Kier alpha value is -3.62. The molecule has 1 unspecified atom stereocenters. The minimum atomic E-state index is -0.256. The molecule has 38 heavy (non-hydrogen) atoms. The molecule has 0 saturated heterocycles. The highest BCUT2D eigenvalue weighted by Crippen LogP contribution is 2.41. The highest BCUT2D eigenvalue weighted by Gasteiger charge is 2.32. The fraction of sp³-hybridized carbons (Fsp3) is 0.200. The van der Waals surface area contributed by atoms with E-state index in [2.05, 4.69) is 34.1 Å². The molecule has 0 spiro atoms. The molecule has 4 aromatic rings. The van der Waals surface area contributed by atoms with Gasteiger partial charge in [-0.2, -0.15) is 0 Å². The largest absolute Gasteiger partial charge is 0.503 e. The van der Waals surface area contributed by atoms with Gasteiger partial charge in [-0.15, -0.1) is 0 Å². The second kappa shape index (κ2) is 9.93. The molecule has 6 nitrogen and oxygen atoms in total. The van der Waals surface area contributed by atoms with E-state index in [1.165, 1.54) is 24.0 Å². The minimum absolute atomic E-state index is 0.0213. The summed E-state index contributed by atoms with van der Waals surface area (Å²) in [5, 5.41) is 10.2. The van der Waals surface area contributed by atoms with Crippen molar-refractivity contribution in [1.82, 2.24) is 4.57 Å². The van der Waals surface area contributed by atoms with Crippen molar-refractivity contribution in [2.75, 3.05) is 13.7 Å². The Bertz CT molecular complexity index is 1770. The number of thiazole rings is 1. The molecule has 1 aliphatic heterocycles. The van der Waals surface area contributed by atoms with Crippen molar-refractivity contribution in [1.29, 1.82) is 0 Å². The number of aryl methyl sites for hydroxylation is 1. The van der Waals surface area contributed by atoms with Gasteiger partial charge in [-0.25, -0.2) is 4.99 Å². The number of aromatic nitrogens is 1. The lowest BCUT2D eigenvalue weighted by Crippen LogP contribution is -2.38. The second-order valence-electron chi connectivity index (χ2n) is 9.17. The summed E-state index contributed by atoms with van der Waals surface area (Å²) in [6, 6.07) is 19.6. The number of hydrogen-bond acceptors (Lipinski definition) is 6. The van der Waals surface area contributed by atoms with Gasteiger partial charge in [0, 0.05) is 5.56 Å². The van der Waals surface area contributed by atoms with Crippen molar-refractivity contribution in [2.24, 2.45) is 4.99 Å². The van der Waals surface area contributed by atoms with Crippen LogP contribution in [0.3, 0.4) is 0 Å². The summed E-state index contributed by atoms with van der Waals surface area (Å²) in [5.74, 6) is 1.16. The first kappa shape index (κ1) is 24.7. The number of ether oxygens (including phenoxy) is 2. The van der Waals surface area contributed by atoms with Crippen molar-refractivity contribution in [3.05, 3.63) is 113 Å². The van der Waals surface area contributed by atoms with Crippen LogP contribution in [-0.2, 0) is 6.42 Å². The molecule has 6 rings (SSSR count). The number of fused-ring (bicyclic) bond motifs is 3. The first-order chi connectivity index (χ1) is 18.5. The number of halogens is 1. The fourth-order valence-electron chi connectivity index (χ4n) is 5.22. The average molecular weight is 590 g/mol. The molecule has 0 amide bonds. The minimum Gasteiger partial charge on any atom is -0.503 e. The van der Waals surface area contributed by atoms with E-state index >= 15 is 0 Å². The summed E-state index contributed by atoms with van der Waals surface area (Å²) in [4.78, 5) is 19.7. The van der Waals surface area contributed by atoms with Crippen molar-refractivity contribution in [3.63, 3.8) is 0 Å². The van der Waals surface area contributed by atoms with Crippen LogP contribution < -0.4 is 24.4 Å². The van der Waals surface area contributed by atoms with Gasteiger partial charge in [0.05, 0.1) is 34.5 Å². The van der Waals surface area contributed by atoms with Gasteiger partial charge in [0.1, 0.15) is 5.75 Å². The van der Waals surface area contributed by atoms with Gasteiger partial charge in [0.25, 0.3) is 5.56 Å². The summed E-state index contributed by atoms with van der Waals surface area (Å²) in [7, 11) is 1.50. The molecule has 1 aromatic heterocycles. The van der Waals surface area contributed by atoms with E-state index in [1.54, 1.807) is 12.1 Å². The Morgan fingerprint density at radius 2 is 1.95 bits per heavy atom. The fourth-order valence-corrected chi connectivity index (χ4v) is 6.68. The lowest BCUT2D eigenvalue weighted by atomic mass is 9.83. The number of aromatic hydroxyl groups is 1. The molecule has 0 radical (unpaired) electrons. The van der Waals surface area contributed by atoms with E-state index in [-0.39, 0.29) is 17.4 Å². The first-order valence-electron chi connectivity index (χ1n) is 12.4. The lowest BCUT2D eigenvalue weighted by Gasteiger charge is -2.30. The smallest absolute Gasteiger partial charge is 0.271 e. The normalized spacial score (nSPS) is 16.4. The van der Waals surface area contributed by atoms with Gasteiger partial charge in [-0.3, -0.25) is 9.36 Å². The lowest BCUT2D eigenvalue weighted by molar-refractivity contribution is 0.340. The van der Waals surface area contributed by atoms with Gasteiger partial charge in [0.15, 0.2) is 16.3 Å². The molecule has 0 bridgehead atoms. The van der Waals surface area contributed by atoms with Crippen LogP contribution in [-0.4, -0.2) is 23.4 Å². The zero-order valence-electron chi connectivity index (χ0n) is 20.9. The zero-order valence-corrected chi connectivity index (χ0v) is 23.3. The van der Waals surface area contributed by atoms with Crippen LogP contribution in [0, 0.1) is 0 Å². The van der Waals surface area contributed by atoms with Crippen LogP contribution in [0.1, 0.15) is 41.6 Å². The molecule has 3 aromatic carbocycles. The number of nitrogens with zero attached hydrogens (tertiary/aromatic N) is 2. The van der Waals surface area contributed by atoms with Gasteiger partial charge in [-0.1, -0.05) is 47.7 Å². The summed E-state index contributed by atoms with van der Waals surface area (Å²) in [6.45, 7) is 2.56. The van der Waals surface area contributed by atoms with Gasteiger partial charge in [-0.05, 0) is 88.3 Å². The third-order valence-electron chi connectivity index (χ3n) is 6.95. The van der Waals surface area contributed by atoms with Crippen LogP contribution >= 0.6 is 27.3 Å². The van der Waals surface area contributed by atoms with Crippen LogP contribution in [0.2, 0.25) is 0 Å². The Morgan fingerprint density at radius 1 is 1.16 bits per heavy atom. The van der Waals surface area contributed by atoms with E-state index in [0.717, 1.165) is 46.6 Å². The molecule has 2 heterocycles. The third kappa shape index (κ3) is 4.18. The number of benzene rings is 3. The number of hydrogen-bond donors (Lipinski definition) is 1. The molecule has 0 fully saturated rings. The maximum absolute atomic E-state index is 13.9. The van der Waals surface area contributed by atoms with E-state index in [9.17, 15) is 9.90 Å². The number of allylic oxidation sites excluding steroid dienone is 1. The summed E-state index contributed by atoms with van der Waals surface area (Å²) in [5.41, 5.74) is 6.20. The summed E-state index contributed by atoms with van der Waals surface area (Å²) >= 11 is 4.75. The van der Waals surface area contributed by atoms with Crippen LogP contribution in [0.5, 0.6) is 17.2 Å². The number of phenols is 1. The Kier molecular flexibility index (Phi) is 6.45. The van der Waals surface area contributed by atoms with E-state index < -0.39 is 0 Å². The van der Waals surface area contributed by atoms with Crippen molar-refractivity contribution >= 4 is 39.0 Å². The molecule has 192 valence electrons. The molecular weight excluding hydrogens is 564 g/mol. The van der Waals surface area contributed by atoms with E-state index in [0.29, 0.717) is 26.2 Å². The molecule has 1 atom stereocenters. The predicted molar refractivity (Wildman–Crippen MR) is 153 cm³/mol. The standard InChI is InChI=1S/C30H25BrN2O4S/c1-3-37-20-11-8-19(9-12-20)27-22-13-10-18-6-4-5-7-21(18)26(22)32-30-33(27)29(35)25(38-30)16-17-14-23(31)28(34)24(15-17)36-2/h4-9,11-12,14-16,27,34H,3,10,13H2,1-2H3. The number of rotatable bonds is 5. The van der Waals surface area contributed by atoms with Gasteiger partial charge in [0.2, 0.25) is 0 Å². The number of phenolic OH excluding ortho intramolecular Hbond substituents is 1. The van der Waals surface area contributed by atoms with Crippen molar-refractivity contribution in [3.8, 4) is 17.2 Å². The summed E-state index contributed by atoms with van der Waals surface area (Å²) < 4.78 is 13.9. The highest BCUT2D eigenvalue weighted by atomic mass is 79.9. The van der Waals surface area contributed by atoms with Crippen LogP contribution in [0.25, 0.3) is 11.8 Å². The molecule has 8 heteroatoms. The molecule has 1 aliphatic carbocycles. The monoisotopic (exact) mass is 588 g/mol. The van der Waals surface area contributed by atoms with Crippen LogP contribution in [0.4, 0.5) is 0 Å². The maximum atomic E-state index is 13.9. The quantitative estimate of drug-likeness (QED) is 0.348. The SMILES string of the molecule is CCOc1ccc(C2C3=C(N=c4sc(=Cc5cc(Br)c(O)c(OC)c5)c(=O)n42)c2ccccc2CC3)cc1. The number of methoxy groups -OCH3 is 1.